The molecular weight excluding hydrogens is 351 g/mol. The first-order valence-corrected chi connectivity index (χ1v) is 8.14. The van der Waals surface area contributed by atoms with E-state index in [1.807, 2.05) is 42.5 Å². The van der Waals surface area contributed by atoms with Gasteiger partial charge in [0.1, 0.15) is 0 Å². The van der Waals surface area contributed by atoms with Crippen LogP contribution in [0.1, 0.15) is 20.7 Å². The van der Waals surface area contributed by atoms with Crippen LogP contribution in [0.15, 0.2) is 60.7 Å². The maximum Gasteiger partial charge on any atom is 1.00 e. The van der Waals surface area contributed by atoms with Crippen molar-refractivity contribution in [3.8, 4) is 0 Å². The summed E-state index contributed by atoms with van der Waals surface area (Å²) < 4.78 is 0. The summed E-state index contributed by atoms with van der Waals surface area (Å²) >= 11 is 0. The SMILES string of the molecule is O=C(O)c1ccc2c(cc3ccc4cccc5ccc2c3c45)c1C(=O)[O-].[Na+]. The van der Waals surface area contributed by atoms with Crippen LogP contribution in [0.3, 0.4) is 0 Å². The number of aromatic carboxylic acids is 2. The Balaban J connectivity index is 0.00000180. The van der Waals surface area contributed by atoms with Gasteiger partial charge in [-0.15, -0.1) is 0 Å². The Morgan fingerprint density at radius 1 is 0.741 bits per heavy atom. The predicted octanol–water partition coefficient (Wildman–Crippen LogP) is 0.803. The standard InChI is InChI=1S/C22H12O4.Na/c23-21(24)16-9-8-14-15-7-6-12-3-1-2-11-4-5-13(19(15)18(11)12)10-17(14)20(16)22(25)26;/h1-10H,(H,23,24)(H,25,26);/q;+1/p-1. The molecule has 5 aromatic carbocycles. The Bertz CT molecular complexity index is 1370. The van der Waals surface area contributed by atoms with Crippen LogP contribution < -0.4 is 34.7 Å². The van der Waals surface area contributed by atoms with Gasteiger partial charge in [-0.1, -0.05) is 48.5 Å². The predicted molar refractivity (Wildman–Crippen MR) is 98.9 cm³/mol. The topological polar surface area (TPSA) is 77.4 Å². The molecule has 0 bridgehead atoms. The Hall–Kier alpha value is -2.66. The van der Waals surface area contributed by atoms with E-state index in [4.69, 9.17) is 0 Å². The van der Waals surface area contributed by atoms with Gasteiger partial charge in [0.25, 0.3) is 0 Å². The molecule has 1 N–H and O–H groups in total. The van der Waals surface area contributed by atoms with E-state index in [1.54, 1.807) is 12.1 Å². The van der Waals surface area contributed by atoms with Crippen molar-refractivity contribution in [3.05, 3.63) is 71.8 Å². The average molecular weight is 362 g/mol. The fourth-order valence-corrected chi connectivity index (χ4v) is 4.01. The number of carbonyl (C=O) groups is 2. The molecule has 0 saturated heterocycles. The molecule has 5 heteroatoms. The van der Waals surface area contributed by atoms with Crippen LogP contribution in [0.4, 0.5) is 0 Å². The molecule has 0 aliphatic carbocycles. The summed E-state index contributed by atoms with van der Waals surface area (Å²) in [6.07, 6.45) is 0. The third-order valence-corrected chi connectivity index (χ3v) is 5.08. The van der Waals surface area contributed by atoms with Crippen molar-refractivity contribution in [1.82, 2.24) is 0 Å². The van der Waals surface area contributed by atoms with Crippen LogP contribution >= 0.6 is 0 Å². The van der Waals surface area contributed by atoms with Crippen LogP contribution in [0.5, 0.6) is 0 Å². The van der Waals surface area contributed by atoms with Crippen molar-refractivity contribution in [1.29, 1.82) is 0 Å². The number of rotatable bonds is 2. The second-order valence-corrected chi connectivity index (χ2v) is 6.41. The van der Waals surface area contributed by atoms with Crippen LogP contribution in [0, 0.1) is 0 Å². The minimum absolute atomic E-state index is 0. The summed E-state index contributed by atoms with van der Waals surface area (Å²) in [5.74, 6) is -2.77. The van der Waals surface area contributed by atoms with Gasteiger partial charge in [-0.2, -0.15) is 0 Å². The first kappa shape index (κ1) is 17.7. The third kappa shape index (κ3) is 2.42. The molecule has 0 fully saturated rings. The summed E-state index contributed by atoms with van der Waals surface area (Å²) in [4.78, 5) is 23.2. The normalized spacial score (nSPS) is 11.3. The zero-order chi connectivity index (χ0) is 18.0. The molecule has 27 heavy (non-hydrogen) atoms. The van der Waals surface area contributed by atoms with E-state index < -0.39 is 11.9 Å². The summed E-state index contributed by atoms with van der Waals surface area (Å²) in [7, 11) is 0. The number of hydrogen-bond donors (Lipinski definition) is 1. The summed E-state index contributed by atoms with van der Waals surface area (Å²) in [5, 5.41) is 28.4. The molecule has 0 heterocycles. The quantitative estimate of drug-likeness (QED) is 0.286. The van der Waals surface area contributed by atoms with Gasteiger partial charge >= 0.3 is 35.5 Å². The van der Waals surface area contributed by atoms with Crippen molar-refractivity contribution in [2.75, 3.05) is 0 Å². The van der Waals surface area contributed by atoms with Gasteiger partial charge < -0.3 is 15.0 Å². The summed E-state index contributed by atoms with van der Waals surface area (Å²) in [5.41, 5.74) is -0.536. The van der Waals surface area contributed by atoms with Gasteiger partial charge in [-0.3, -0.25) is 0 Å². The van der Waals surface area contributed by atoms with E-state index in [0.29, 0.717) is 10.8 Å². The van der Waals surface area contributed by atoms with Gasteiger partial charge in [0.15, 0.2) is 0 Å². The van der Waals surface area contributed by atoms with Gasteiger partial charge in [-0.25, -0.2) is 4.79 Å². The van der Waals surface area contributed by atoms with E-state index >= 15 is 0 Å². The molecule has 0 radical (unpaired) electrons. The largest absolute Gasteiger partial charge is 1.00 e. The van der Waals surface area contributed by atoms with E-state index in [1.165, 1.54) is 6.07 Å². The van der Waals surface area contributed by atoms with Crippen molar-refractivity contribution in [3.63, 3.8) is 0 Å². The summed E-state index contributed by atoms with van der Waals surface area (Å²) in [6, 6.07) is 18.8. The fraction of sp³-hybridized carbons (Fsp3) is 0. The monoisotopic (exact) mass is 362 g/mol. The Morgan fingerprint density at radius 3 is 2.04 bits per heavy atom. The smallest absolute Gasteiger partial charge is 0.545 e. The molecule has 0 aliphatic heterocycles. The van der Waals surface area contributed by atoms with Crippen LogP contribution in [0.25, 0.3) is 43.1 Å². The molecule has 0 saturated carbocycles. The van der Waals surface area contributed by atoms with Crippen LogP contribution in [-0.2, 0) is 0 Å². The third-order valence-electron chi connectivity index (χ3n) is 5.08. The van der Waals surface area contributed by atoms with Gasteiger partial charge in [0.05, 0.1) is 11.5 Å². The van der Waals surface area contributed by atoms with Gasteiger partial charge in [-0.05, 0) is 55.2 Å². The second-order valence-electron chi connectivity index (χ2n) is 6.41. The summed E-state index contributed by atoms with van der Waals surface area (Å²) in [6.45, 7) is 0. The van der Waals surface area contributed by atoms with Gasteiger partial charge in [0, 0.05) is 5.56 Å². The molecular formula is C22H11NaO4. The zero-order valence-electron chi connectivity index (χ0n) is 14.4. The maximum atomic E-state index is 11.7. The Kier molecular flexibility index (Phi) is 4.07. The molecule has 5 aromatic rings. The van der Waals surface area contributed by atoms with Crippen LogP contribution in [0.2, 0.25) is 0 Å². The number of carbonyl (C=O) groups excluding carboxylic acids is 1. The molecule has 5 rings (SSSR count). The number of carboxylic acids is 2. The minimum atomic E-state index is -1.49. The molecule has 4 nitrogen and oxygen atoms in total. The van der Waals surface area contributed by atoms with Gasteiger partial charge in [0.2, 0.25) is 0 Å². The van der Waals surface area contributed by atoms with E-state index in [-0.39, 0.29) is 40.7 Å². The first-order chi connectivity index (χ1) is 12.6. The minimum Gasteiger partial charge on any atom is -0.545 e. The molecule has 0 aromatic heterocycles. The number of fused-ring (bicyclic) bond motifs is 2. The number of hydrogen-bond acceptors (Lipinski definition) is 3. The Morgan fingerprint density at radius 2 is 1.37 bits per heavy atom. The number of carboxylic acid groups (broad SMARTS) is 2. The maximum absolute atomic E-state index is 11.7. The molecule has 0 aliphatic rings. The van der Waals surface area contributed by atoms with Crippen molar-refractivity contribution >= 4 is 55.0 Å². The van der Waals surface area contributed by atoms with Crippen LogP contribution in [-0.4, -0.2) is 17.0 Å². The molecule has 0 atom stereocenters. The molecule has 0 unspecified atom stereocenters. The molecule has 124 valence electrons. The Labute approximate surface area is 175 Å². The van der Waals surface area contributed by atoms with Crippen molar-refractivity contribution < 1.29 is 49.4 Å². The fourth-order valence-electron chi connectivity index (χ4n) is 4.01. The van der Waals surface area contributed by atoms with E-state index in [0.717, 1.165) is 32.3 Å². The van der Waals surface area contributed by atoms with Crippen molar-refractivity contribution in [2.45, 2.75) is 0 Å². The van der Waals surface area contributed by atoms with E-state index in [9.17, 15) is 19.8 Å². The first-order valence-electron chi connectivity index (χ1n) is 8.14. The van der Waals surface area contributed by atoms with E-state index in [2.05, 4.69) is 0 Å². The molecule has 0 amide bonds. The van der Waals surface area contributed by atoms with Crippen molar-refractivity contribution in [2.24, 2.45) is 0 Å². The average Bonchev–Trinajstić information content (AvgIpc) is 2.64. The zero-order valence-corrected chi connectivity index (χ0v) is 16.4. The molecule has 0 spiro atoms. The number of benzene rings is 5. The second kappa shape index (κ2) is 6.20.